The van der Waals surface area contributed by atoms with Crippen molar-refractivity contribution in [1.29, 1.82) is 0 Å². The van der Waals surface area contributed by atoms with Gasteiger partial charge in [0.15, 0.2) is 0 Å². The Bertz CT molecular complexity index is 928. The zero-order valence-electron chi connectivity index (χ0n) is 14.8. The van der Waals surface area contributed by atoms with E-state index in [0.29, 0.717) is 28.3 Å². The molecule has 1 aromatic carbocycles. The summed E-state index contributed by atoms with van der Waals surface area (Å²) >= 11 is 0. The average molecular weight is 356 g/mol. The SMILES string of the molecule is CCOC(=O)C1=C(N)Oc2cc(C)[nH]c(=O)c2C1c1ccc(OC)cc1. The minimum Gasteiger partial charge on any atom is -0.497 e. The Balaban J connectivity index is 2.23. The Hall–Kier alpha value is -3.22. The number of ether oxygens (including phenoxy) is 3. The number of esters is 1. The van der Waals surface area contributed by atoms with Crippen LogP contribution in [0, 0.1) is 6.92 Å². The standard InChI is InChI=1S/C19H20N2O5/c1-4-25-19(23)16-14(11-5-7-12(24-3)8-6-11)15-13(26-17(16)20)9-10(2)21-18(15)22/h5-9,14H,4,20H2,1-3H3,(H,21,22). The smallest absolute Gasteiger partial charge is 0.340 e. The number of nitrogens with two attached hydrogens (primary N) is 1. The number of aromatic amines is 1. The van der Waals surface area contributed by atoms with E-state index in [1.165, 1.54) is 0 Å². The van der Waals surface area contributed by atoms with Gasteiger partial charge in [0.25, 0.3) is 5.56 Å². The molecule has 3 rings (SSSR count). The summed E-state index contributed by atoms with van der Waals surface area (Å²) in [7, 11) is 1.56. The highest BCUT2D eigenvalue weighted by molar-refractivity contribution is 5.92. The molecule has 1 unspecified atom stereocenters. The number of carbonyl (C=O) groups excluding carboxylic acids is 1. The molecule has 1 aliphatic rings. The van der Waals surface area contributed by atoms with Gasteiger partial charge in [0, 0.05) is 11.8 Å². The second-order valence-electron chi connectivity index (χ2n) is 5.87. The van der Waals surface area contributed by atoms with Gasteiger partial charge >= 0.3 is 5.97 Å². The first-order valence-corrected chi connectivity index (χ1v) is 8.18. The van der Waals surface area contributed by atoms with Crippen molar-refractivity contribution in [3.63, 3.8) is 0 Å². The maximum absolute atomic E-state index is 12.6. The lowest BCUT2D eigenvalue weighted by Crippen LogP contribution is -2.32. The fourth-order valence-electron chi connectivity index (χ4n) is 3.04. The van der Waals surface area contributed by atoms with Crippen molar-refractivity contribution < 1.29 is 19.0 Å². The molecule has 0 radical (unpaired) electrons. The predicted octanol–water partition coefficient (Wildman–Crippen LogP) is 1.95. The maximum atomic E-state index is 12.6. The first-order valence-electron chi connectivity index (χ1n) is 8.18. The third-order valence-electron chi connectivity index (χ3n) is 4.18. The molecule has 0 bridgehead atoms. The van der Waals surface area contributed by atoms with Crippen LogP contribution in [-0.4, -0.2) is 24.7 Å². The van der Waals surface area contributed by atoms with Crippen LogP contribution in [0.4, 0.5) is 0 Å². The largest absolute Gasteiger partial charge is 0.497 e. The first-order chi connectivity index (χ1) is 12.5. The van der Waals surface area contributed by atoms with Crippen LogP contribution in [0.1, 0.15) is 29.7 Å². The summed E-state index contributed by atoms with van der Waals surface area (Å²) in [5.74, 6) is -0.391. The highest BCUT2D eigenvalue weighted by Crippen LogP contribution is 2.41. The van der Waals surface area contributed by atoms with E-state index in [1.807, 2.05) is 0 Å². The van der Waals surface area contributed by atoms with E-state index in [0.717, 1.165) is 0 Å². The van der Waals surface area contributed by atoms with E-state index in [9.17, 15) is 9.59 Å². The monoisotopic (exact) mass is 356 g/mol. The molecule has 7 heteroatoms. The number of nitrogens with one attached hydrogen (secondary N) is 1. The quantitative estimate of drug-likeness (QED) is 0.812. The molecule has 0 aliphatic carbocycles. The lowest BCUT2D eigenvalue weighted by atomic mass is 9.83. The zero-order valence-corrected chi connectivity index (χ0v) is 14.8. The number of benzene rings is 1. The zero-order chi connectivity index (χ0) is 18.8. The van der Waals surface area contributed by atoms with Gasteiger partial charge in [0.05, 0.1) is 25.2 Å². The predicted molar refractivity (Wildman–Crippen MR) is 95.1 cm³/mol. The summed E-state index contributed by atoms with van der Waals surface area (Å²) < 4.78 is 15.9. The van der Waals surface area contributed by atoms with Crippen molar-refractivity contribution in [2.45, 2.75) is 19.8 Å². The normalized spacial score (nSPS) is 15.9. The molecule has 0 saturated carbocycles. The molecule has 7 nitrogen and oxygen atoms in total. The van der Waals surface area contributed by atoms with Crippen LogP contribution >= 0.6 is 0 Å². The Labute approximate surface area is 150 Å². The van der Waals surface area contributed by atoms with Gasteiger partial charge < -0.3 is 24.9 Å². The third kappa shape index (κ3) is 3.03. The van der Waals surface area contributed by atoms with Crippen molar-refractivity contribution >= 4 is 5.97 Å². The molecule has 0 saturated heterocycles. The van der Waals surface area contributed by atoms with Crippen LogP contribution in [0.25, 0.3) is 0 Å². The summed E-state index contributed by atoms with van der Waals surface area (Å²) in [5.41, 5.74) is 7.46. The van der Waals surface area contributed by atoms with Crippen LogP contribution in [-0.2, 0) is 9.53 Å². The van der Waals surface area contributed by atoms with E-state index in [2.05, 4.69) is 4.98 Å². The summed E-state index contributed by atoms with van der Waals surface area (Å²) in [4.78, 5) is 27.9. The van der Waals surface area contributed by atoms with Crippen molar-refractivity contribution in [2.24, 2.45) is 5.73 Å². The Morgan fingerprint density at radius 2 is 2.00 bits per heavy atom. The highest BCUT2D eigenvalue weighted by atomic mass is 16.5. The lowest BCUT2D eigenvalue weighted by Gasteiger charge is -2.27. The molecular formula is C19H20N2O5. The minimum atomic E-state index is -0.701. The topological polar surface area (TPSA) is 104 Å². The summed E-state index contributed by atoms with van der Waals surface area (Å²) in [5, 5.41) is 0. The van der Waals surface area contributed by atoms with Crippen molar-refractivity contribution in [2.75, 3.05) is 13.7 Å². The van der Waals surface area contributed by atoms with Gasteiger partial charge in [-0.2, -0.15) is 0 Å². The molecule has 1 aliphatic heterocycles. The van der Waals surface area contributed by atoms with E-state index in [4.69, 9.17) is 19.9 Å². The van der Waals surface area contributed by atoms with Crippen LogP contribution in [0.15, 0.2) is 46.6 Å². The van der Waals surface area contributed by atoms with Gasteiger partial charge in [-0.15, -0.1) is 0 Å². The molecule has 136 valence electrons. The molecule has 0 spiro atoms. The molecule has 3 N–H and O–H groups in total. The van der Waals surface area contributed by atoms with E-state index >= 15 is 0 Å². The van der Waals surface area contributed by atoms with Gasteiger partial charge in [0.1, 0.15) is 17.1 Å². The molecule has 0 fully saturated rings. The number of H-pyrrole nitrogens is 1. The Kier molecular flexibility index (Phi) is 4.71. The summed E-state index contributed by atoms with van der Waals surface area (Å²) in [6.45, 7) is 3.63. The number of aromatic nitrogens is 1. The number of pyridine rings is 1. The van der Waals surface area contributed by atoms with Crippen LogP contribution < -0.4 is 20.8 Å². The Morgan fingerprint density at radius 1 is 1.31 bits per heavy atom. The summed E-state index contributed by atoms with van der Waals surface area (Å²) in [6, 6.07) is 8.76. The number of fused-ring (bicyclic) bond motifs is 1. The maximum Gasteiger partial charge on any atom is 0.340 e. The highest BCUT2D eigenvalue weighted by Gasteiger charge is 2.37. The van der Waals surface area contributed by atoms with Crippen LogP contribution in [0.2, 0.25) is 0 Å². The van der Waals surface area contributed by atoms with Gasteiger partial charge in [-0.05, 0) is 31.5 Å². The molecule has 2 heterocycles. The third-order valence-corrected chi connectivity index (χ3v) is 4.18. The number of hydrogen-bond acceptors (Lipinski definition) is 6. The summed E-state index contributed by atoms with van der Waals surface area (Å²) in [6.07, 6.45) is 0. The van der Waals surface area contributed by atoms with Gasteiger partial charge in [0.2, 0.25) is 5.88 Å². The van der Waals surface area contributed by atoms with E-state index < -0.39 is 11.9 Å². The fraction of sp³-hybridized carbons (Fsp3) is 0.263. The number of carbonyl (C=O) groups is 1. The van der Waals surface area contributed by atoms with Gasteiger partial charge in [-0.25, -0.2) is 4.79 Å². The second kappa shape index (κ2) is 6.95. The van der Waals surface area contributed by atoms with Gasteiger partial charge in [-0.1, -0.05) is 12.1 Å². The average Bonchev–Trinajstić information content (AvgIpc) is 2.60. The molecule has 0 amide bonds. The molecular weight excluding hydrogens is 336 g/mol. The van der Waals surface area contributed by atoms with Crippen molar-refractivity contribution in [1.82, 2.24) is 4.98 Å². The fourth-order valence-corrected chi connectivity index (χ4v) is 3.04. The van der Waals surface area contributed by atoms with Crippen LogP contribution in [0.3, 0.4) is 0 Å². The number of rotatable bonds is 4. The lowest BCUT2D eigenvalue weighted by molar-refractivity contribution is -0.139. The number of aryl methyl sites for hydroxylation is 1. The van der Waals surface area contributed by atoms with E-state index in [1.54, 1.807) is 51.3 Å². The Morgan fingerprint density at radius 3 is 2.62 bits per heavy atom. The molecule has 1 atom stereocenters. The van der Waals surface area contributed by atoms with Gasteiger partial charge in [-0.3, -0.25) is 4.79 Å². The van der Waals surface area contributed by atoms with Crippen molar-refractivity contribution in [3.05, 3.63) is 69.0 Å². The van der Waals surface area contributed by atoms with Crippen molar-refractivity contribution in [3.8, 4) is 11.5 Å². The first kappa shape index (κ1) is 17.6. The molecule has 1 aromatic heterocycles. The minimum absolute atomic E-state index is 0.0678. The molecule has 26 heavy (non-hydrogen) atoms. The second-order valence-corrected chi connectivity index (χ2v) is 5.87. The number of hydrogen-bond donors (Lipinski definition) is 2. The van der Waals surface area contributed by atoms with E-state index in [-0.39, 0.29) is 23.6 Å². The number of methoxy groups -OCH3 is 1. The molecule has 2 aromatic rings. The van der Waals surface area contributed by atoms with Crippen LogP contribution in [0.5, 0.6) is 11.5 Å².